The number of hydrogen-bond acceptors (Lipinski definition) is 1. The Morgan fingerprint density at radius 2 is 2.00 bits per heavy atom. The van der Waals surface area contributed by atoms with Crippen molar-refractivity contribution in [2.24, 2.45) is 0 Å². The molecule has 0 unspecified atom stereocenters. The maximum atomic E-state index is 13.7. The minimum absolute atomic E-state index is 0.304. The number of hydrogen-bond donors (Lipinski definition) is 1. The fourth-order valence-corrected chi connectivity index (χ4v) is 3.25. The van der Waals surface area contributed by atoms with Gasteiger partial charge < -0.3 is 4.98 Å². The topological polar surface area (TPSA) is 20.7 Å². The van der Waals surface area contributed by atoms with Gasteiger partial charge in [-0.3, -0.25) is 4.57 Å². The molecule has 2 aromatic carbocycles. The molecule has 6 heteroatoms. The quantitative estimate of drug-likeness (QED) is 0.401. The van der Waals surface area contributed by atoms with Gasteiger partial charge in [-0.1, -0.05) is 12.1 Å². The number of fused-ring (bicyclic) bond motifs is 1. The van der Waals surface area contributed by atoms with E-state index in [4.69, 9.17) is 12.2 Å². The zero-order chi connectivity index (χ0) is 13.6. The van der Waals surface area contributed by atoms with E-state index in [-0.39, 0.29) is 5.82 Å². The first-order valence-electron chi connectivity index (χ1n) is 5.42. The summed E-state index contributed by atoms with van der Waals surface area (Å²) in [6.07, 6.45) is 0. The second-order valence-electron chi connectivity index (χ2n) is 4.00. The van der Waals surface area contributed by atoms with Gasteiger partial charge in [-0.25, -0.2) is 4.39 Å². The first-order valence-corrected chi connectivity index (χ1v) is 7.70. The van der Waals surface area contributed by atoms with Gasteiger partial charge in [0, 0.05) is 9.64 Å². The van der Waals surface area contributed by atoms with E-state index >= 15 is 0 Å². The maximum Gasteiger partial charge on any atom is 0.182 e. The molecule has 3 aromatic rings. The normalized spacial score (nSPS) is 11.1. The summed E-state index contributed by atoms with van der Waals surface area (Å²) in [5.41, 5.74) is 2.48. The van der Waals surface area contributed by atoms with E-state index in [1.54, 1.807) is 6.07 Å². The molecule has 0 aliphatic carbocycles. The molecule has 1 heterocycles. The molecular formula is C13H7BrFIN2S. The van der Waals surface area contributed by atoms with Gasteiger partial charge in [0.15, 0.2) is 4.77 Å². The molecule has 1 aromatic heterocycles. The van der Waals surface area contributed by atoms with Crippen LogP contribution in [0.1, 0.15) is 0 Å². The van der Waals surface area contributed by atoms with Gasteiger partial charge in [-0.05, 0) is 68.9 Å². The average Bonchev–Trinajstić information content (AvgIpc) is 2.66. The molecule has 0 aliphatic rings. The smallest absolute Gasteiger partial charge is 0.182 e. The van der Waals surface area contributed by atoms with Crippen LogP contribution in [0.3, 0.4) is 0 Å². The molecule has 0 aliphatic heterocycles. The minimum Gasteiger partial charge on any atom is -0.330 e. The van der Waals surface area contributed by atoms with E-state index < -0.39 is 0 Å². The molecule has 19 heavy (non-hydrogen) atoms. The lowest BCUT2D eigenvalue weighted by Gasteiger charge is -2.07. The zero-order valence-electron chi connectivity index (χ0n) is 9.45. The Hall–Kier alpha value is -0.730. The number of imidazole rings is 1. The standard InChI is InChI=1S/C13H7BrFIN2S/c14-7-5-10-12(6-8(7)15)18(13(19)17-10)11-4-2-1-3-9(11)16/h1-6H,(H,17,19). The first-order chi connectivity index (χ1) is 9.08. The molecule has 0 saturated heterocycles. The summed E-state index contributed by atoms with van der Waals surface area (Å²) in [6, 6.07) is 11.0. The van der Waals surface area contributed by atoms with Crippen LogP contribution in [0.4, 0.5) is 4.39 Å². The highest BCUT2D eigenvalue weighted by Crippen LogP contribution is 2.27. The van der Waals surface area contributed by atoms with E-state index in [0.29, 0.717) is 9.24 Å². The van der Waals surface area contributed by atoms with E-state index in [1.807, 2.05) is 28.8 Å². The SMILES string of the molecule is Fc1cc2c(cc1Br)[nH]c(=S)n2-c1ccccc1I. The summed E-state index contributed by atoms with van der Waals surface area (Å²) in [4.78, 5) is 3.10. The van der Waals surface area contributed by atoms with Gasteiger partial charge in [0.25, 0.3) is 0 Å². The summed E-state index contributed by atoms with van der Waals surface area (Å²) in [5, 5.41) is 0. The van der Waals surface area contributed by atoms with E-state index in [0.717, 1.165) is 20.3 Å². The number of halogens is 3. The Morgan fingerprint density at radius 1 is 1.26 bits per heavy atom. The summed E-state index contributed by atoms with van der Waals surface area (Å²) in [5.74, 6) is -0.304. The van der Waals surface area contributed by atoms with E-state index in [2.05, 4.69) is 43.5 Å². The Morgan fingerprint density at radius 3 is 2.74 bits per heavy atom. The summed E-state index contributed by atoms with van der Waals surface area (Å²) in [6.45, 7) is 0. The highest BCUT2D eigenvalue weighted by Gasteiger charge is 2.11. The molecule has 0 radical (unpaired) electrons. The van der Waals surface area contributed by atoms with Crippen LogP contribution in [0, 0.1) is 14.2 Å². The number of para-hydroxylation sites is 1. The predicted octanol–water partition coefficient (Wildman–Crippen LogP) is 5.19. The highest BCUT2D eigenvalue weighted by molar-refractivity contribution is 14.1. The lowest BCUT2D eigenvalue weighted by molar-refractivity contribution is 0.622. The van der Waals surface area contributed by atoms with Crippen molar-refractivity contribution in [3.05, 3.63) is 55.0 Å². The fraction of sp³-hybridized carbons (Fsp3) is 0. The van der Waals surface area contributed by atoms with Crippen LogP contribution in [-0.4, -0.2) is 9.55 Å². The van der Waals surface area contributed by atoms with Gasteiger partial charge in [-0.15, -0.1) is 0 Å². The fourth-order valence-electron chi connectivity index (χ4n) is 1.97. The second-order valence-corrected chi connectivity index (χ2v) is 6.40. The number of aromatic nitrogens is 2. The summed E-state index contributed by atoms with van der Waals surface area (Å²) >= 11 is 10.8. The van der Waals surface area contributed by atoms with Crippen molar-refractivity contribution in [1.29, 1.82) is 0 Å². The molecule has 3 rings (SSSR count). The number of nitrogens with one attached hydrogen (secondary N) is 1. The number of rotatable bonds is 1. The molecule has 0 spiro atoms. The lowest BCUT2D eigenvalue weighted by atomic mass is 10.2. The Balaban J connectivity index is 2.42. The van der Waals surface area contributed by atoms with Crippen LogP contribution < -0.4 is 0 Å². The molecule has 1 N–H and O–H groups in total. The number of nitrogens with zero attached hydrogens (tertiary/aromatic N) is 1. The highest BCUT2D eigenvalue weighted by atomic mass is 127. The minimum atomic E-state index is -0.304. The van der Waals surface area contributed by atoms with Gasteiger partial charge >= 0.3 is 0 Å². The van der Waals surface area contributed by atoms with Crippen molar-refractivity contribution in [2.75, 3.05) is 0 Å². The van der Waals surface area contributed by atoms with E-state index in [9.17, 15) is 4.39 Å². The van der Waals surface area contributed by atoms with Crippen LogP contribution in [0.5, 0.6) is 0 Å². The van der Waals surface area contributed by atoms with Gasteiger partial charge in [0.2, 0.25) is 0 Å². The first kappa shape index (κ1) is 13.3. The molecule has 0 bridgehead atoms. The van der Waals surface area contributed by atoms with Crippen molar-refractivity contribution in [3.8, 4) is 5.69 Å². The van der Waals surface area contributed by atoms with Crippen LogP contribution in [0.25, 0.3) is 16.7 Å². The average molecular weight is 449 g/mol. The van der Waals surface area contributed by atoms with Crippen molar-refractivity contribution >= 4 is 61.8 Å². The number of H-pyrrole nitrogens is 1. The summed E-state index contributed by atoms with van der Waals surface area (Å²) < 4.78 is 17.6. The predicted molar refractivity (Wildman–Crippen MR) is 88.8 cm³/mol. The molecule has 0 atom stereocenters. The second kappa shape index (κ2) is 4.99. The molecule has 0 saturated carbocycles. The molecule has 2 nitrogen and oxygen atoms in total. The van der Waals surface area contributed by atoms with Crippen LogP contribution >= 0.6 is 50.7 Å². The third-order valence-electron chi connectivity index (χ3n) is 2.82. The van der Waals surface area contributed by atoms with E-state index in [1.165, 1.54) is 6.07 Å². The lowest BCUT2D eigenvalue weighted by Crippen LogP contribution is -1.96. The molecule has 0 fully saturated rings. The molecular weight excluding hydrogens is 442 g/mol. The Bertz CT molecular complexity index is 840. The van der Waals surface area contributed by atoms with Crippen molar-refractivity contribution in [1.82, 2.24) is 9.55 Å². The third-order valence-corrected chi connectivity index (χ3v) is 4.62. The number of aromatic amines is 1. The monoisotopic (exact) mass is 448 g/mol. The Kier molecular flexibility index (Phi) is 3.48. The summed E-state index contributed by atoms with van der Waals surface area (Å²) in [7, 11) is 0. The maximum absolute atomic E-state index is 13.7. The van der Waals surface area contributed by atoms with Crippen molar-refractivity contribution in [2.45, 2.75) is 0 Å². The third kappa shape index (κ3) is 2.25. The van der Waals surface area contributed by atoms with Crippen molar-refractivity contribution in [3.63, 3.8) is 0 Å². The Labute approximate surface area is 135 Å². The van der Waals surface area contributed by atoms with Gasteiger partial charge in [-0.2, -0.15) is 0 Å². The van der Waals surface area contributed by atoms with Crippen LogP contribution in [-0.2, 0) is 0 Å². The largest absolute Gasteiger partial charge is 0.330 e. The molecule has 96 valence electrons. The van der Waals surface area contributed by atoms with Gasteiger partial charge in [0.05, 0.1) is 21.2 Å². The van der Waals surface area contributed by atoms with Gasteiger partial charge in [0.1, 0.15) is 5.82 Å². The molecule has 0 amide bonds. The zero-order valence-corrected chi connectivity index (χ0v) is 14.0. The van der Waals surface area contributed by atoms with Crippen LogP contribution in [0.15, 0.2) is 40.9 Å². The van der Waals surface area contributed by atoms with Crippen LogP contribution in [0.2, 0.25) is 0 Å². The number of benzene rings is 2. The van der Waals surface area contributed by atoms with Crippen molar-refractivity contribution < 1.29 is 4.39 Å².